The van der Waals surface area contributed by atoms with Gasteiger partial charge in [0.1, 0.15) is 0 Å². The van der Waals surface area contributed by atoms with E-state index in [9.17, 15) is 9.59 Å². The zero-order chi connectivity index (χ0) is 12.4. The van der Waals surface area contributed by atoms with Crippen molar-refractivity contribution in [1.82, 2.24) is 0 Å². The quantitative estimate of drug-likeness (QED) is 0.487. The SMILES string of the molecule is C#CCCCN1C(=O)C(=O)c2cccc(Br)c21. The molecule has 0 fully saturated rings. The summed E-state index contributed by atoms with van der Waals surface area (Å²) in [5.74, 6) is 1.61. The van der Waals surface area contributed by atoms with Crippen LogP contribution in [0.3, 0.4) is 0 Å². The Morgan fingerprint density at radius 2 is 2.12 bits per heavy atom. The first-order valence-electron chi connectivity index (χ1n) is 5.25. The van der Waals surface area contributed by atoms with Crippen LogP contribution in [0.25, 0.3) is 0 Å². The van der Waals surface area contributed by atoms with Gasteiger partial charge >= 0.3 is 0 Å². The zero-order valence-corrected chi connectivity index (χ0v) is 10.7. The molecule has 0 aromatic heterocycles. The van der Waals surface area contributed by atoms with Crippen molar-refractivity contribution in [2.45, 2.75) is 12.8 Å². The van der Waals surface area contributed by atoms with Crippen LogP contribution < -0.4 is 4.90 Å². The maximum absolute atomic E-state index is 11.8. The standard InChI is InChI=1S/C13H10BrNO2/c1-2-3-4-8-15-11-9(12(16)13(15)17)6-5-7-10(11)14/h1,5-7H,3-4,8H2. The molecular formula is C13H10BrNO2. The predicted molar refractivity (Wildman–Crippen MR) is 68.9 cm³/mol. The number of fused-ring (bicyclic) bond motifs is 1. The number of nitrogens with zero attached hydrogens (tertiary/aromatic N) is 1. The Morgan fingerprint density at radius 1 is 1.35 bits per heavy atom. The number of ketones is 1. The number of Topliss-reactive ketones (excluding diaryl/α,β-unsaturated/α-hetero) is 1. The van der Waals surface area contributed by atoms with Crippen LogP contribution in [0.5, 0.6) is 0 Å². The number of hydrogen-bond donors (Lipinski definition) is 0. The third kappa shape index (κ3) is 1.98. The number of halogens is 1. The minimum absolute atomic E-state index is 0.443. The van der Waals surface area contributed by atoms with Gasteiger partial charge in [-0.15, -0.1) is 12.3 Å². The van der Waals surface area contributed by atoms with Crippen LogP contribution >= 0.6 is 15.9 Å². The average molecular weight is 292 g/mol. The fraction of sp³-hybridized carbons (Fsp3) is 0.231. The molecule has 0 saturated heterocycles. The molecule has 3 nitrogen and oxygen atoms in total. The highest BCUT2D eigenvalue weighted by molar-refractivity contribution is 9.10. The van der Waals surface area contributed by atoms with Gasteiger partial charge in [-0.05, 0) is 34.5 Å². The molecule has 0 saturated carbocycles. The number of carbonyl (C=O) groups is 2. The highest BCUT2D eigenvalue weighted by atomic mass is 79.9. The molecule has 0 radical (unpaired) electrons. The van der Waals surface area contributed by atoms with Gasteiger partial charge in [-0.2, -0.15) is 0 Å². The highest BCUT2D eigenvalue weighted by Crippen LogP contribution is 2.35. The van der Waals surface area contributed by atoms with Crippen molar-refractivity contribution < 1.29 is 9.59 Å². The van der Waals surface area contributed by atoms with E-state index in [4.69, 9.17) is 6.42 Å². The number of amides is 1. The number of rotatable bonds is 3. The third-order valence-corrected chi connectivity index (χ3v) is 3.28. The molecule has 1 heterocycles. The van der Waals surface area contributed by atoms with Gasteiger partial charge in [-0.1, -0.05) is 6.07 Å². The Morgan fingerprint density at radius 3 is 2.82 bits per heavy atom. The Hall–Kier alpha value is -1.60. The molecule has 0 bridgehead atoms. The topological polar surface area (TPSA) is 37.4 Å². The van der Waals surface area contributed by atoms with Gasteiger partial charge in [-0.25, -0.2) is 0 Å². The molecule has 17 heavy (non-hydrogen) atoms. The summed E-state index contributed by atoms with van der Waals surface area (Å²) < 4.78 is 0.759. The number of carbonyl (C=O) groups excluding carboxylic acids is 2. The fourth-order valence-electron chi connectivity index (χ4n) is 1.86. The molecule has 0 unspecified atom stereocenters. The van der Waals surface area contributed by atoms with Crippen molar-refractivity contribution in [3.05, 3.63) is 28.2 Å². The summed E-state index contributed by atoms with van der Waals surface area (Å²) in [6.07, 6.45) is 6.46. The summed E-state index contributed by atoms with van der Waals surface area (Å²) in [6, 6.07) is 5.24. The van der Waals surface area contributed by atoms with Gasteiger partial charge in [-0.3, -0.25) is 9.59 Å². The lowest BCUT2D eigenvalue weighted by atomic mass is 10.1. The number of terminal acetylenes is 1. The molecule has 1 aliphatic heterocycles. The number of hydrogen-bond acceptors (Lipinski definition) is 2. The first kappa shape index (κ1) is 11.9. The first-order valence-corrected chi connectivity index (χ1v) is 6.04. The Bertz CT molecular complexity index is 531. The molecule has 0 N–H and O–H groups in total. The fourth-order valence-corrected chi connectivity index (χ4v) is 2.45. The average Bonchev–Trinajstić information content (AvgIpc) is 2.56. The summed E-state index contributed by atoms with van der Waals surface area (Å²) in [4.78, 5) is 25.1. The monoisotopic (exact) mass is 291 g/mol. The van der Waals surface area contributed by atoms with E-state index in [-0.39, 0.29) is 0 Å². The van der Waals surface area contributed by atoms with Crippen LogP contribution in [0, 0.1) is 12.3 Å². The van der Waals surface area contributed by atoms with E-state index < -0.39 is 11.7 Å². The molecule has 0 aliphatic carbocycles. The number of benzene rings is 1. The van der Waals surface area contributed by atoms with Crippen molar-refractivity contribution >= 4 is 33.3 Å². The normalized spacial score (nSPS) is 13.8. The Labute approximate surface area is 108 Å². The molecule has 4 heteroatoms. The van der Waals surface area contributed by atoms with Gasteiger partial charge in [0.05, 0.1) is 11.3 Å². The van der Waals surface area contributed by atoms with E-state index >= 15 is 0 Å². The molecule has 1 aromatic carbocycles. The minimum Gasteiger partial charge on any atom is -0.304 e. The van der Waals surface area contributed by atoms with Crippen LogP contribution in [0.4, 0.5) is 5.69 Å². The van der Waals surface area contributed by atoms with Crippen LogP contribution in [0.15, 0.2) is 22.7 Å². The zero-order valence-electron chi connectivity index (χ0n) is 9.07. The van der Waals surface area contributed by atoms with Crippen LogP contribution in [0.2, 0.25) is 0 Å². The lowest BCUT2D eigenvalue weighted by Gasteiger charge is -2.16. The summed E-state index contributed by atoms with van der Waals surface area (Å²) >= 11 is 3.37. The van der Waals surface area contributed by atoms with Gasteiger partial charge in [0, 0.05) is 17.4 Å². The van der Waals surface area contributed by atoms with E-state index in [1.54, 1.807) is 12.1 Å². The molecular weight excluding hydrogens is 282 g/mol. The lowest BCUT2D eigenvalue weighted by Crippen LogP contribution is -2.30. The van der Waals surface area contributed by atoms with Crippen molar-refractivity contribution in [3.63, 3.8) is 0 Å². The summed E-state index contributed by atoms with van der Waals surface area (Å²) in [7, 11) is 0. The predicted octanol–water partition coefficient (Wildman–Crippen LogP) is 2.39. The minimum atomic E-state index is -0.469. The molecule has 1 amide bonds. The van der Waals surface area contributed by atoms with E-state index in [1.807, 2.05) is 6.07 Å². The molecule has 0 spiro atoms. The second kappa shape index (κ2) is 4.72. The van der Waals surface area contributed by atoms with E-state index in [0.717, 1.165) is 4.47 Å². The summed E-state index contributed by atoms with van der Waals surface area (Å²) in [5, 5.41) is 0. The van der Waals surface area contributed by atoms with Crippen molar-refractivity contribution in [2.24, 2.45) is 0 Å². The Balaban J connectivity index is 2.34. The maximum Gasteiger partial charge on any atom is 0.299 e. The van der Waals surface area contributed by atoms with Gasteiger partial charge < -0.3 is 4.90 Å². The maximum atomic E-state index is 11.8. The number of anilines is 1. The van der Waals surface area contributed by atoms with Crippen LogP contribution in [0.1, 0.15) is 23.2 Å². The van der Waals surface area contributed by atoms with E-state index in [0.29, 0.717) is 30.6 Å². The van der Waals surface area contributed by atoms with Gasteiger partial charge in [0.15, 0.2) is 0 Å². The smallest absolute Gasteiger partial charge is 0.299 e. The summed E-state index contributed by atoms with van der Waals surface area (Å²) in [5.41, 5.74) is 1.13. The van der Waals surface area contributed by atoms with Crippen LogP contribution in [-0.4, -0.2) is 18.2 Å². The first-order chi connectivity index (χ1) is 8.16. The second-order valence-corrected chi connectivity index (χ2v) is 4.58. The van der Waals surface area contributed by atoms with Crippen molar-refractivity contribution in [1.29, 1.82) is 0 Å². The van der Waals surface area contributed by atoms with E-state index in [1.165, 1.54) is 4.90 Å². The van der Waals surface area contributed by atoms with Gasteiger partial charge in [0.25, 0.3) is 11.7 Å². The van der Waals surface area contributed by atoms with Crippen LogP contribution in [-0.2, 0) is 4.79 Å². The Kier molecular flexibility index (Phi) is 3.30. The largest absolute Gasteiger partial charge is 0.304 e. The highest BCUT2D eigenvalue weighted by Gasteiger charge is 2.36. The molecule has 2 rings (SSSR count). The number of para-hydroxylation sites is 1. The number of unbranched alkanes of at least 4 members (excludes halogenated alkanes) is 1. The van der Waals surface area contributed by atoms with E-state index in [2.05, 4.69) is 21.9 Å². The lowest BCUT2D eigenvalue weighted by molar-refractivity contribution is -0.114. The van der Waals surface area contributed by atoms with Crippen molar-refractivity contribution in [2.75, 3.05) is 11.4 Å². The molecule has 0 atom stereocenters. The van der Waals surface area contributed by atoms with Crippen molar-refractivity contribution in [3.8, 4) is 12.3 Å². The molecule has 1 aliphatic rings. The molecule has 86 valence electrons. The third-order valence-electron chi connectivity index (χ3n) is 2.64. The van der Waals surface area contributed by atoms with Gasteiger partial charge in [0.2, 0.25) is 0 Å². The summed E-state index contributed by atoms with van der Waals surface area (Å²) in [6.45, 7) is 0.477. The second-order valence-electron chi connectivity index (χ2n) is 3.73. The molecule has 1 aromatic rings.